The third-order valence-corrected chi connectivity index (χ3v) is 2.08. The molecule has 0 unspecified atom stereocenters. The minimum absolute atomic E-state index is 0.0445. The maximum atomic E-state index is 11.4. The van der Waals surface area contributed by atoms with Crippen LogP contribution in [0.5, 0.6) is 0 Å². The molecular weight excluding hydrogens is 206 g/mol. The lowest BCUT2D eigenvalue weighted by Crippen LogP contribution is -2.30. The van der Waals surface area contributed by atoms with Gasteiger partial charge in [-0.1, -0.05) is 0 Å². The van der Waals surface area contributed by atoms with E-state index in [2.05, 4.69) is 10.3 Å². The van der Waals surface area contributed by atoms with Crippen LogP contribution in [-0.2, 0) is 9.53 Å². The number of aromatic nitrogens is 1. The number of nitrogens with zero attached hydrogens (tertiary/aromatic N) is 1. The van der Waals surface area contributed by atoms with Gasteiger partial charge in [0.1, 0.15) is 6.61 Å². The molecule has 1 heterocycles. The SMILES string of the molecule is C[C@@H](NC(=O)COCCN)c1ccncc1. The van der Waals surface area contributed by atoms with Gasteiger partial charge in [0.25, 0.3) is 0 Å². The van der Waals surface area contributed by atoms with Crippen molar-refractivity contribution < 1.29 is 9.53 Å². The zero-order valence-corrected chi connectivity index (χ0v) is 9.35. The van der Waals surface area contributed by atoms with Crippen molar-refractivity contribution in [2.75, 3.05) is 19.8 Å². The number of carbonyl (C=O) groups is 1. The first-order valence-corrected chi connectivity index (χ1v) is 5.21. The van der Waals surface area contributed by atoms with Crippen molar-refractivity contribution in [2.24, 2.45) is 5.73 Å². The predicted molar refractivity (Wildman–Crippen MR) is 60.7 cm³/mol. The molecule has 5 heteroatoms. The molecule has 0 aromatic carbocycles. The van der Waals surface area contributed by atoms with Crippen LogP contribution in [0.25, 0.3) is 0 Å². The molecule has 88 valence electrons. The smallest absolute Gasteiger partial charge is 0.246 e. The number of nitrogens with one attached hydrogen (secondary N) is 1. The number of pyridine rings is 1. The highest BCUT2D eigenvalue weighted by Crippen LogP contribution is 2.09. The van der Waals surface area contributed by atoms with E-state index in [1.807, 2.05) is 19.1 Å². The van der Waals surface area contributed by atoms with Crippen LogP contribution in [0.3, 0.4) is 0 Å². The summed E-state index contributed by atoms with van der Waals surface area (Å²) in [6, 6.07) is 3.69. The lowest BCUT2D eigenvalue weighted by molar-refractivity contribution is -0.126. The molecule has 0 radical (unpaired) electrons. The minimum Gasteiger partial charge on any atom is -0.370 e. The molecule has 1 amide bonds. The number of carbonyl (C=O) groups excluding carboxylic acids is 1. The van der Waals surface area contributed by atoms with Gasteiger partial charge in [-0.15, -0.1) is 0 Å². The first-order valence-electron chi connectivity index (χ1n) is 5.21. The number of amides is 1. The number of nitrogens with two attached hydrogens (primary N) is 1. The third-order valence-electron chi connectivity index (χ3n) is 2.08. The second-order valence-electron chi connectivity index (χ2n) is 3.41. The van der Waals surface area contributed by atoms with Gasteiger partial charge in [0.2, 0.25) is 5.91 Å². The van der Waals surface area contributed by atoms with Gasteiger partial charge < -0.3 is 15.8 Å². The van der Waals surface area contributed by atoms with Crippen LogP contribution >= 0.6 is 0 Å². The maximum Gasteiger partial charge on any atom is 0.246 e. The van der Waals surface area contributed by atoms with Crippen molar-refractivity contribution in [3.05, 3.63) is 30.1 Å². The maximum absolute atomic E-state index is 11.4. The molecule has 1 aromatic heterocycles. The quantitative estimate of drug-likeness (QED) is 0.677. The van der Waals surface area contributed by atoms with Crippen LogP contribution in [-0.4, -0.2) is 30.6 Å². The van der Waals surface area contributed by atoms with Gasteiger partial charge in [-0.05, 0) is 24.6 Å². The van der Waals surface area contributed by atoms with E-state index in [-0.39, 0.29) is 18.6 Å². The Labute approximate surface area is 95.0 Å². The number of ether oxygens (including phenoxy) is 1. The molecule has 5 nitrogen and oxygen atoms in total. The molecule has 0 saturated carbocycles. The Morgan fingerprint density at radius 2 is 2.25 bits per heavy atom. The van der Waals surface area contributed by atoms with Crippen LogP contribution in [0, 0.1) is 0 Å². The van der Waals surface area contributed by atoms with E-state index in [1.54, 1.807) is 12.4 Å². The van der Waals surface area contributed by atoms with Crippen LogP contribution in [0.1, 0.15) is 18.5 Å². The fraction of sp³-hybridized carbons (Fsp3) is 0.455. The summed E-state index contributed by atoms with van der Waals surface area (Å²) in [5.41, 5.74) is 6.26. The van der Waals surface area contributed by atoms with Gasteiger partial charge in [0.05, 0.1) is 12.6 Å². The Bertz CT molecular complexity index is 316. The molecule has 0 aliphatic rings. The summed E-state index contributed by atoms with van der Waals surface area (Å²) in [5, 5.41) is 2.82. The Morgan fingerprint density at radius 1 is 1.56 bits per heavy atom. The molecule has 1 atom stereocenters. The van der Waals surface area contributed by atoms with Crippen molar-refractivity contribution in [3.8, 4) is 0 Å². The second-order valence-corrected chi connectivity index (χ2v) is 3.41. The zero-order valence-electron chi connectivity index (χ0n) is 9.35. The number of hydrogen-bond donors (Lipinski definition) is 2. The summed E-state index contributed by atoms with van der Waals surface area (Å²) in [5.74, 6) is -0.141. The van der Waals surface area contributed by atoms with Crippen molar-refractivity contribution in [1.82, 2.24) is 10.3 Å². The molecule has 0 saturated heterocycles. The van der Waals surface area contributed by atoms with Crippen LogP contribution in [0.2, 0.25) is 0 Å². The first-order chi connectivity index (χ1) is 7.74. The lowest BCUT2D eigenvalue weighted by atomic mass is 10.1. The zero-order chi connectivity index (χ0) is 11.8. The van der Waals surface area contributed by atoms with E-state index in [1.165, 1.54) is 0 Å². The van der Waals surface area contributed by atoms with Gasteiger partial charge in [-0.3, -0.25) is 9.78 Å². The average Bonchev–Trinajstić information content (AvgIpc) is 2.30. The summed E-state index contributed by atoms with van der Waals surface area (Å²) in [7, 11) is 0. The third kappa shape index (κ3) is 4.37. The summed E-state index contributed by atoms with van der Waals surface area (Å²) < 4.78 is 5.03. The van der Waals surface area contributed by atoms with Crippen LogP contribution in [0.4, 0.5) is 0 Å². The molecule has 0 aliphatic carbocycles. The van der Waals surface area contributed by atoms with Crippen molar-refractivity contribution in [2.45, 2.75) is 13.0 Å². The van der Waals surface area contributed by atoms with Crippen LogP contribution < -0.4 is 11.1 Å². The fourth-order valence-electron chi connectivity index (χ4n) is 1.27. The largest absolute Gasteiger partial charge is 0.370 e. The second kappa shape index (κ2) is 6.92. The van der Waals surface area contributed by atoms with Crippen molar-refractivity contribution >= 4 is 5.91 Å². The van der Waals surface area contributed by atoms with Gasteiger partial charge in [-0.2, -0.15) is 0 Å². The molecular formula is C11H17N3O2. The van der Waals surface area contributed by atoms with E-state index >= 15 is 0 Å². The standard InChI is InChI=1S/C11H17N3O2/c1-9(10-2-5-13-6-3-10)14-11(15)8-16-7-4-12/h2-3,5-6,9H,4,7-8,12H2,1H3,(H,14,15)/t9-/m1/s1. The molecule has 3 N–H and O–H groups in total. The Hall–Kier alpha value is -1.46. The van der Waals surface area contributed by atoms with E-state index in [0.717, 1.165) is 5.56 Å². The van der Waals surface area contributed by atoms with E-state index in [9.17, 15) is 4.79 Å². The van der Waals surface area contributed by atoms with E-state index in [4.69, 9.17) is 10.5 Å². The van der Waals surface area contributed by atoms with E-state index < -0.39 is 0 Å². The topological polar surface area (TPSA) is 77.2 Å². The predicted octanol–water partition coefficient (Wildman–Crippen LogP) is 0.234. The fourth-order valence-corrected chi connectivity index (χ4v) is 1.27. The van der Waals surface area contributed by atoms with Crippen molar-refractivity contribution in [1.29, 1.82) is 0 Å². The average molecular weight is 223 g/mol. The summed E-state index contributed by atoms with van der Waals surface area (Å²) in [4.78, 5) is 15.3. The number of rotatable bonds is 6. The van der Waals surface area contributed by atoms with Gasteiger partial charge in [-0.25, -0.2) is 0 Å². The first kappa shape index (κ1) is 12.6. The molecule has 0 spiro atoms. The molecule has 0 aliphatic heterocycles. The minimum atomic E-state index is -0.141. The molecule has 0 fully saturated rings. The highest BCUT2D eigenvalue weighted by Gasteiger charge is 2.08. The Morgan fingerprint density at radius 3 is 2.88 bits per heavy atom. The monoisotopic (exact) mass is 223 g/mol. The molecule has 16 heavy (non-hydrogen) atoms. The molecule has 1 aromatic rings. The van der Waals surface area contributed by atoms with Crippen LogP contribution in [0.15, 0.2) is 24.5 Å². The Kier molecular flexibility index (Phi) is 5.45. The summed E-state index contributed by atoms with van der Waals surface area (Å²) in [6.45, 7) is 2.78. The molecule has 1 rings (SSSR count). The van der Waals surface area contributed by atoms with E-state index in [0.29, 0.717) is 13.2 Å². The van der Waals surface area contributed by atoms with Gasteiger partial charge in [0.15, 0.2) is 0 Å². The summed E-state index contributed by atoms with van der Waals surface area (Å²) in [6.07, 6.45) is 3.39. The highest BCUT2D eigenvalue weighted by atomic mass is 16.5. The number of hydrogen-bond acceptors (Lipinski definition) is 4. The summed E-state index contributed by atoms with van der Waals surface area (Å²) >= 11 is 0. The lowest BCUT2D eigenvalue weighted by Gasteiger charge is -2.13. The van der Waals surface area contributed by atoms with Gasteiger partial charge in [0, 0.05) is 18.9 Å². The highest BCUT2D eigenvalue weighted by molar-refractivity contribution is 5.77. The Balaban J connectivity index is 2.34. The molecule has 0 bridgehead atoms. The van der Waals surface area contributed by atoms with Crippen molar-refractivity contribution in [3.63, 3.8) is 0 Å². The normalized spacial score (nSPS) is 12.1. The van der Waals surface area contributed by atoms with Gasteiger partial charge >= 0.3 is 0 Å².